The highest BCUT2D eigenvalue weighted by atomic mass is 32.1. The zero-order valence-electron chi connectivity index (χ0n) is 15.9. The van der Waals surface area contributed by atoms with Crippen LogP contribution in [0.3, 0.4) is 0 Å². The molecule has 0 saturated heterocycles. The summed E-state index contributed by atoms with van der Waals surface area (Å²) < 4.78 is 13.0. The number of methoxy groups -OCH3 is 2. The van der Waals surface area contributed by atoms with E-state index < -0.39 is 0 Å². The number of fused-ring (bicyclic) bond motifs is 1. The number of ether oxygens (including phenoxy) is 2. The molecular formula is C22H19N3O2S. The molecule has 4 rings (SSSR count). The van der Waals surface area contributed by atoms with Crippen molar-refractivity contribution in [1.29, 1.82) is 5.26 Å². The maximum absolute atomic E-state index is 9.47. The first-order valence-electron chi connectivity index (χ1n) is 8.82. The Hall–Kier alpha value is -3.30. The van der Waals surface area contributed by atoms with Crippen molar-refractivity contribution in [2.75, 3.05) is 14.2 Å². The molecule has 28 heavy (non-hydrogen) atoms. The smallest absolute Gasteiger partial charge is 0.195 e. The zero-order valence-corrected chi connectivity index (χ0v) is 16.7. The van der Waals surface area contributed by atoms with Crippen molar-refractivity contribution in [3.05, 3.63) is 59.1 Å². The van der Waals surface area contributed by atoms with Crippen LogP contribution in [-0.2, 0) is 6.42 Å². The highest BCUT2D eigenvalue weighted by molar-refractivity contribution is 7.15. The van der Waals surface area contributed by atoms with Crippen molar-refractivity contribution in [3.8, 4) is 40.1 Å². The second kappa shape index (κ2) is 7.37. The van der Waals surface area contributed by atoms with Gasteiger partial charge in [0.25, 0.3) is 0 Å². The van der Waals surface area contributed by atoms with Crippen LogP contribution >= 0.6 is 11.3 Å². The molecule has 0 spiro atoms. The topological polar surface area (TPSA) is 59.6 Å². The van der Waals surface area contributed by atoms with Gasteiger partial charge in [0.15, 0.2) is 4.96 Å². The van der Waals surface area contributed by atoms with E-state index in [4.69, 9.17) is 14.5 Å². The van der Waals surface area contributed by atoms with Gasteiger partial charge >= 0.3 is 0 Å². The number of benzene rings is 2. The summed E-state index contributed by atoms with van der Waals surface area (Å²) in [4.78, 5) is 5.70. The first-order valence-corrected chi connectivity index (χ1v) is 9.70. The highest BCUT2D eigenvalue weighted by Crippen LogP contribution is 2.37. The van der Waals surface area contributed by atoms with Crippen LogP contribution in [0.5, 0.6) is 11.5 Å². The fourth-order valence-electron chi connectivity index (χ4n) is 3.45. The van der Waals surface area contributed by atoms with Gasteiger partial charge < -0.3 is 9.47 Å². The molecule has 0 aliphatic carbocycles. The van der Waals surface area contributed by atoms with Crippen molar-refractivity contribution in [1.82, 2.24) is 9.38 Å². The van der Waals surface area contributed by atoms with Gasteiger partial charge in [0.2, 0.25) is 0 Å². The van der Waals surface area contributed by atoms with Crippen molar-refractivity contribution < 1.29 is 9.47 Å². The fourth-order valence-corrected chi connectivity index (χ4v) is 4.36. The van der Waals surface area contributed by atoms with Crippen LogP contribution in [0.15, 0.2) is 47.8 Å². The lowest BCUT2D eigenvalue weighted by atomic mass is 10.1. The molecule has 0 aliphatic rings. The summed E-state index contributed by atoms with van der Waals surface area (Å²) in [5.41, 5.74) is 5.67. The Bertz CT molecular complexity index is 1200. The minimum absolute atomic E-state index is 0.264. The zero-order chi connectivity index (χ0) is 19.7. The van der Waals surface area contributed by atoms with Crippen LogP contribution in [0.4, 0.5) is 0 Å². The lowest BCUT2D eigenvalue weighted by molar-refractivity contribution is 0.412. The molecule has 0 N–H and O–H groups in total. The number of hydrogen-bond acceptors (Lipinski definition) is 5. The van der Waals surface area contributed by atoms with E-state index in [1.807, 2.05) is 43.3 Å². The third-order valence-corrected chi connectivity index (χ3v) is 5.58. The average molecular weight is 389 g/mol. The normalized spacial score (nSPS) is 10.8. The van der Waals surface area contributed by atoms with Crippen LogP contribution in [0.25, 0.3) is 27.5 Å². The predicted molar refractivity (Wildman–Crippen MR) is 111 cm³/mol. The van der Waals surface area contributed by atoms with Gasteiger partial charge in [0, 0.05) is 16.5 Å². The van der Waals surface area contributed by atoms with Gasteiger partial charge in [0.05, 0.1) is 43.8 Å². The predicted octanol–water partition coefficient (Wildman–Crippen LogP) is 5.12. The molecule has 5 nitrogen and oxygen atoms in total. The first-order chi connectivity index (χ1) is 13.7. The first kappa shape index (κ1) is 18.1. The molecule has 4 aromatic rings. The largest absolute Gasteiger partial charge is 0.496 e. The molecule has 0 unspecified atom stereocenters. The summed E-state index contributed by atoms with van der Waals surface area (Å²) in [5, 5.41) is 11.5. The molecule has 0 aliphatic heterocycles. The van der Waals surface area contributed by atoms with E-state index in [1.54, 1.807) is 25.6 Å². The lowest BCUT2D eigenvalue weighted by Gasteiger charge is -2.10. The van der Waals surface area contributed by atoms with E-state index in [0.29, 0.717) is 0 Å². The third-order valence-electron chi connectivity index (χ3n) is 4.76. The number of nitrogens with zero attached hydrogens (tertiary/aromatic N) is 3. The molecule has 6 heteroatoms. The number of nitriles is 1. The van der Waals surface area contributed by atoms with E-state index in [1.165, 1.54) is 0 Å². The quantitative estimate of drug-likeness (QED) is 0.475. The van der Waals surface area contributed by atoms with Gasteiger partial charge in [-0.2, -0.15) is 5.26 Å². The Morgan fingerprint density at radius 3 is 2.61 bits per heavy atom. The summed E-state index contributed by atoms with van der Waals surface area (Å²) in [6.45, 7) is 2.00. The minimum Gasteiger partial charge on any atom is -0.496 e. The van der Waals surface area contributed by atoms with Crippen molar-refractivity contribution in [2.45, 2.75) is 13.3 Å². The number of imidazole rings is 1. The molecule has 140 valence electrons. The molecule has 0 atom stereocenters. The standard InChI is InChI=1S/C22H19N3O2S/c1-14-12-15(8-9-19(14)26-2)21-17(10-11-23)25-18(13-28-22(25)24-21)16-6-4-5-7-20(16)27-3/h4-9,12-13H,10H2,1-3H3. The number of hydrogen-bond donors (Lipinski definition) is 0. The van der Waals surface area contributed by atoms with Crippen molar-refractivity contribution >= 4 is 16.3 Å². The van der Waals surface area contributed by atoms with Gasteiger partial charge in [-0.05, 0) is 42.8 Å². The molecule has 2 aromatic carbocycles. The van der Waals surface area contributed by atoms with Crippen molar-refractivity contribution in [3.63, 3.8) is 0 Å². The Balaban J connectivity index is 1.95. The third kappa shape index (κ3) is 2.90. The molecule has 0 saturated carbocycles. The Morgan fingerprint density at radius 2 is 1.89 bits per heavy atom. The van der Waals surface area contributed by atoms with Crippen LogP contribution in [0.1, 0.15) is 11.3 Å². The molecular weight excluding hydrogens is 370 g/mol. The van der Waals surface area contributed by atoms with E-state index in [0.717, 1.165) is 50.2 Å². The Labute approximate surface area is 167 Å². The maximum atomic E-state index is 9.47. The Kier molecular flexibility index (Phi) is 4.76. The SMILES string of the molecule is COc1ccc(-c2nc3scc(-c4ccccc4OC)n3c2CC#N)cc1C. The van der Waals surface area contributed by atoms with Gasteiger partial charge in [0.1, 0.15) is 11.5 Å². The molecule has 0 amide bonds. The van der Waals surface area contributed by atoms with Crippen LogP contribution in [0.2, 0.25) is 0 Å². The van der Waals surface area contributed by atoms with Crippen molar-refractivity contribution in [2.24, 2.45) is 0 Å². The van der Waals surface area contributed by atoms with E-state index in [-0.39, 0.29) is 6.42 Å². The molecule has 2 aromatic heterocycles. The van der Waals surface area contributed by atoms with E-state index in [9.17, 15) is 5.26 Å². The van der Waals surface area contributed by atoms with Crippen LogP contribution < -0.4 is 9.47 Å². The summed E-state index contributed by atoms with van der Waals surface area (Å²) in [6, 6.07) is 16.2. The minimum atomic E-state index is 0.264. The van der Waals surface area contributed by atoms with Gasteiger partial charge in [-0.15, -0.1) is 11.3 Å². The maximum Gasteiger partial charge on any atom is 0.195 e. The average Bonchev–Trinajstić information content (AvgIpc) is 3.28. The molecule has 0 radical (unpaired) electrons. The number of aromatic nitrogens is 2. The second-order valence-corrected chi connectivity index (χ2v) is 7.20. The number of aryl methyl sites for hydroxylation is 1. The van der Waals surface area contributed by atoms with Gasteiger partial charge in [-0.3, -0.25) is 4.40 Å². The Morgan fingerprint density at radius 1 is 1.11 bits per heavy atom. The second-order valence-electron chi connectivity index (χ2n) is 6.37. The molecule has 2 heterocycles. The monoisotopic (exact) mass is 389 g/mol. The molecule has 0 fully saturated rings. The van der Waals surface area contributed by atoms with Crippen LogP contribution in [-0.4, -0.2) is 23.6 Å². The lowest BCUT2D eigenvalue weighted by Crippen LogP contribution is -1.97. The summed E-state index contributed by atoms with van der Waals surface area (Å²) in [6.07, 6.45) is 0.264. The molecule has 0 bridgehead atoms. The van der Waals surface area contributed by atoms with Gasteiger partial charge in [-0.1, -0.05) is 12.1 Å². The summed E-state index contributed by atoms with van der Waals surface area (Å²) in [5.74, 6) is 1.63. The van der Waals surface area contributed by atoms with Crippen LogP contribution in [0, 0.1) is 18.3 Å². The number of para-hydroxylation sites is 1. The fraction of sp³-hybridized carbons (Fsp3) is 0.182. The summed E-state index contributed by atoms with van der Waals surface area (Å²) in [7, 11) is 3.33. The highest BCUT2D eigenvalue weighted by Gasteiger charge is 2.20. The number of thiazole rings is 1. The van der Waals surface area contributed by atoms with E-state index >= 15 is 0 Å². The summed E-state index contributed by atoms with van der Waals surface area (Å²) >= 11 is 1.56. The van der Waals surface area contributed by atoms with E-state index in [2.05, 4.69) is 21.9 Å². The van der Waals surface area contributed by atoms with Gasteiger partial charge in [-0.25, -0.2) is 4.98 Å². The number of rotatable bonds is 5.